The van der Waals surface area contributed by atoms with Gasteiger partial charge in [0.05, 0.1) is 5.69 Å². The molecule has 5 heteroatoms. The van der Waals surface area contributed by atoms with Gasteiger partial charge in [0, 0.05) is 31.6 Å². The third kappa shape index (κ3) is 11.5. The summed E-state index contributed by atoms with van der Waals surface area (Å²) >= 11 is 0. The van der Waals surface area contributed by atoms with Crippen molar-refractivity contribution in [3.05, 3.63) is 79.0 Å². The monoisotopic (exact) mass is 475 g/mol. The summed E-state index contributed by atoms with van der Waals surface area (Å²) in [5.74, 6) is 1.95. The normalized spacial score (nSPS) is 20.0. The van der Waals surface area contributed by atoms with E-state index in [2.05, 4.69) is 44.6 Å². The molecule has 3 heterocycles. The molecule has 1 saturated carbocycles. The van der Waals surface area contributed by atoms with Crippen molar-refractivity contribution in [2.75, 3.05) is 26.7 Å². The molecule has 1 aliphatic carbocycles. The Morgan fingerprint density at radius 2 is 1.83 bits per heavy atom. The minimum Gasteiger partial charge on any atom is -0.373 e. The van der Waals surface area contributed by atoms with Gasteiger partial charge < -0.3 is 10.2 Å². The standard InChI is InChI=1S/C15H16N4.C12H23N.C3H6/c1-3-13(14-5-4-10-18-19-14)8-6-12-7-9-15(16-2)17-11-12;1-3-7-12(8-4-1)11-13-9-5-2-6-10-13;1-3-2/h3-6,8-11,16H,1,7H2,2H3;12H,1-11H2;3H,1H2,2H3/b12-6+,13-8+;;. The first-order valence-corrected chi connectivity index (χ1v) is 13.2. The van der Waals surface area contributed by atoms with Gasteiger partial charge in [0.25, 0.3) is 0 Å². The van der Waals surface area contributed by atoms with E-state index in [1.807, 2.05) is 44.5 Å². The van der Waals surface area contributed by atoms with Gasteiger partial charge in [-0.05, 0) is 81.8 Å². The first-order chi connectivity index (χ1) is 17.2. The highest BCUT2D eigenvalue weighted by molar-refractivity contribution is 5.83. The molecule has 1 saturated heterocycles. The van der Waals surface area contributed by atoms with Gasteiger partial charge in [0.1, 0.15) is 5.82 Å². The van der Waals surface area contributed by atoms with E-state index in [1.165, 1.54) is 71.0 Å². The van der Waals surface area contributed by atoms with Gasteiger partial charge >= 0.3 is 0 Å². The van der Waals surface area contributed by atoms with Crippen LogP contribution in [0.1, 0.15) is 70.4 Å². The number of rotatable bonds is 6. The molecule has 0 unspecified atom stereocenters. The summed E-state index contributed by atoms with van der Waals surface area (Å²) in [5, 5.41) is 10.9. The van der Waals surface area contributed by atoms with Crippen molar-refractivity contribution < 1.29 is 0 Å². The van der Waals surface area contributed by atoms with Gasteiger partial charge in [-0.1, -0.05) is 56.6 Å². The predicted molar refractivity (Wildman–Crippen MR) is 151 cm³/mol. The van der Waals surface area contributed by atoms with Gasteiger partial charge in [-0.2, -0.15) is 10.2 Å². The van der Waals surface area contributed by atoms with Crippen LogP contribution < -0.4 is 5.32 Å². The average Bonchev–Trinajstić information content (AvgIpc) is 2.92. The third-order valence-electron chi connectivity index (χ3n) is 6.41. The van der Waals surface area contributed by atoms with Crippen molar-refractivity contribution in [3.63, 3.8) is 0 Å². The SMILES string of the molecule is C1CCC(CN2CCCCC2)CC1.C=C/C(=C\C=C1\C=NC(NC)=CC1)c1cccnn1.C=CC. The smallest absolute Gasteiger partial charge is 0.121 e. The van der Waals surface area contributed by atoms with E-state index in [4.69, 9.17) is 0 Å². The Morgan fingerprint density at radius 3 is 2.40 bits per heavy atom. The molecular formula is C30H45N5. The van der Waals surface area contributed by atoms with Crippen molar-refractivity contribution in [1.82, 2.24) is 20.4 Å². The van der Waals surface area contributed by atoms with Gasteiger partial charge in [-0.3, -0.25) is 0 Å². The highest BCUT2D eigenvalue weighted by Gasteiger charge is 2.18. The highest BCUT2D eigenvalue weighted by Crippen LogP contribution is 2.25. The van der Waals surface area contributed by atoms with Crippen molar-refractivity contribution in [1.29, 1.82) is 0 Å². The maximum Gasteiger partial charge on any atom is 0.121 e. The Kier molecular flexibility index (Phi) is 14.3. The Morgan fingerprint density at radius 1 is 1.11 bits per heavy atom. The first-order valence-electron chi connectivity index (χ1n) is 13.2. The zero-order valence-corrected chi connectivity index (χ0v) is 22.0. The molecule has 2 fully saturated rings. The van der Waals surface area contributed by atoms with Gasteiger partial charge in [0.15, 0.2) is 0 Å². The van der Waals surface area contributed by atoms with Crippen molar-refractivity contribution in [2.24, 2.45) is 10.9 Å². The highest BCUT2D eigenvalue weighted by atomic mass is 15.1. The van der Waals surface area contributed by atoms with Crippen LogP contribution in [0.2, 0.25) is 0 Å². The van der Waals surface area contributed by atoms with Crippen LogP contribution in [0.15, 0.2) is 78.3 Å². The molecule has 5 nitrogen and oxygen atoms in total. The van der Waals surface area contributed by atoms with Crippen molar-refractivity contribution >= 4 is 11.8 Å². The molecule has 4 rings (SSSR count). The Labute approximate surface area is 213 Å². The van der Waals surface area contributed by atoms with Crippen LogP contribution in [0, 0.1) is 5.92 Å². The van der Waals surface area contributed by atoms with Gasteiger partial charge in [0.2, 0.25) is 0 Å². The Bertz CT molecular complexity index is 838. The fourth-order valence-corrected chi connectivity index (χ4v) is 4.54. The maximum atomic E-state index is 4.28. The Hall–Kier alpha value is -2.79. The van der Waals surface area contributed by atoms with Gasteiger partial charge in [-0.15, -0.1) is 6.58 Å². The first kappa shape index (κ1) is 28.4. The van der Waals surface area contributed by atoms with Crippen LogP contribution >= 0.6 is 0 Å². The topological polar surface area (TPSA) is 53.4 Å². The minimum absolute atomic E-state index is 0.813. The lowest BCUT2D eigenvalue weighted by Gasteiger charge is -2.32. The predicted octanol–water partition coefficient (Wildman–Crippen LogP) is 6.75. The summed E-state index contributed by atoms with van der Waals surface area (Å²) in [6, 6.07) is 3.77. The van der Waals surface area contributed by atoms with E-state index in [1.54, 1.807) is 18.3 Å². The molecular weight excluding hydrogens is 430 g/mol. The summed E-state index contributed by atoms with van der Waals surface area (Å²) in [7, 11) is 1.86. The van der Waals surface area contributed by atoms with E-state index in [9.17, 15) is 0 Å². The van der Waals surface area contributed by atoms with E-state index in [-0.39, 0.29) is 0 Å². The lowest BCUT2D eigenvalue weighted by atomic mass is 9.88. The molecule has 0 aromatic carbocycles. The quantitative estimate of drug-likeness (QED) is 0.365. The van der Waals surface area contributed by atoms with Gasteiger partial charge in [-0.25, -0.2) is 4.99 Å². The molecule has 0 spiro atoms. The molecule has 35 heavy (non-hydrogen) atoms. The molecule has 0 radical (unpaired) electrons. The van der Waals surface area contributed by atoms with Crippen molar-refractivity contribution in [2.45, 2.75) is 64.7 Å². The third-order valence-corrected chi connectivity index (χ3v) is 6.41. The maximum absolute atomic E-state index is 4.28. The summed E-state index contributed by atoms with van der Waals surface area (Å²) in [6.45, 7) is 13.2. The Balaban J connectivity index is 0.000000234. The molecule has 1 N–H and O–H groups in total. The second-order valence-electron chi connectivity index (χ2n) is 9.25. The van der Waals surface area contributed by atoms with Crippen LogP contribution in [-0.4, -0.2) is 48.0 Å². The molecule has 0 atom stereocenters. The van der Waals surface area contributed by atoms with Crippen molar-refractivity contribution in [3.8, 4) is 0 Å². The number of piperidine rings is 1. The molecule has 3 aliphatic rings. The average molecular weight is 476 g/mol. The fourth-order valence-electron chi connectivity index (χ4n) is 4.54. The number of nitrogens with zero attached hydrogens (tertiary/aromatic N) is 4. The molecule has 190 valence electrons. The zero-order valence-electron chi connectivity index (χ0n) is 22.0. The van der Waals surface area contributed by atoms with E-state index in [0.717, 1.165) is 35.0 Å². The molecule has 2 aliphatic heterocycles. The van der Waals surface area contributed by atoms with Crippen LogP contribution in [0.3, 0.4) is 0 Å². The number of allylic oxidation sites excluding steroid dienone is 7. The summed E-state index contributed by atoms with van der Waals surface area (Å²) in [5.41, 5.74) is 2.90. The van der Waals surface area contributed by atoms with E-state index in [0.29, 0.717) is 0 Å². The number of hydrogen-bond donors (Lipinski definition) is 1. The van der Waals surface area contributed by atoms with E-state index >= 15 is 0 Å². The molecule has 0 bridgehead atoms. The summed E-state index contributed by atoms with van der Waals surface area (Å²) in [4.78, 5) is 6.99. The molecule has 1 aromatic heterocycles. The molecule has 1 aromatic rings. The van der Waals surface area contributed by atoms with Crippen LogP contribution in [0.5, 0.6) is 0 Å². The largest absolute Gasteiger partial charge is 0.373 e. The fraction of sp³-hybridized carbons (Fsp3) is 0.500. The second-order valence-corrected chi connectivity index (χ2v) is 9.25. The van der Waals surface area contributed by atoms with Crippen LogP contribution in [-0.2, 0) is 0 Å². The minimum atomic E-state index is 0.813. The zero-order chi connectivity index (χ0) is 25.1. The number of aromatic nitrogens is 2. The summed E-state index contributed by atoms with van der Waals surface area (Å²) < 4.78 is 0. The number of likely N-dealkylation sites (tertiary alicyclic amines) is 1. The van der Waals surface area contributed by atoms with Crippen LogP contribution in [0.4, 0.5) is 0 Å². The number of nitrogens with one attached hydrogen (secondary N) is 1. The lowest BCUT2D eigenvalue weighted by Crippen LogP contribution is -2.34. The summed E-state index contributed by atoms with van der Waals surface area (Å²) in [6.07, 6.45) is 25.8. The second kappa shape index (κ2) is 17.6. The van der Waals surface area contributed by atoms with E-state index < -0.39 is 0 Å². The van der Waals surface area contributed by atoms with Crippen LogP contribution in [0.25, 0.3) is 5.57 Å². The number of aliphatic imine (C=N–C) groups is 1. The molecule has 0 amide bonds. The number of hydrogen-bond acceptors (Lipinski definition) is 5. The lowest BCUT2D eigenvalue weighted by molar-refractivity contribution is 0.174.